The fourth-order valence-electron chi connectivity index (χ4n) is 2.85. The molecule has 0 fully saturated rings. The van der Waals surface area contributed by atoms with Gasteiger partial charge in [-0.1, -0.05) is 12.1 Å². The van der Waals surface area contributed by atoms with Crippen LogP contribution in [-0.4, -0.2) is 5.91 Å². The minimum absolute atomic E-state index is 0.177. The summed E-state index contributed by atoms with van der Waals surface area (Å²) < 4.78 is 38.0. The maximum absolute atomic E-state index is 12.7. The fraction of sp³-hybridized carbons (Fsp3) is 0.278. The molecule has 126 valence electrons. The van der Waals surface area contributed by atoms with E-state index in [9.17, 15) is 18.0 Å². The standard InChI is InChI=1S/C18H17F3N2O/c19-18(20,21)15-6-3-7-16(11-15)22-23-17(24)14-9-8-12-4-1-2-5-13(12)10-14/h3,6-11,22H,1-2,4-5H2,(H,23,24). The van der Waals surface area contributed by atoms with E-state index in [4.69, 9.17) is 0 Å². The summed E-state index contributed by atoms with van der Waals surface area (Å²) in [4.78, 5) is 12.2. The predicted molar refractivity (Wildman–Crippen MR) is 85.6 cm³/mol. The Labute approximate surface area is 137 Å². The van der Waals surface area contributed by atoms with E-state index in [1.807, 2.05) is 12.1 Å². The number of fused-ring (bicyclic) bond motifs is 1. The Hall–Kier alpha value is -2.50. The van der Waals surface area contributed by atoms with Gasteiger partial charge < -0.3 is 0 Å². The first-order valence-electron chi connectivity index (χ1n) is 7.79. The van der Waals surface area contributed by atoms with Gasteiger partial charge in [0, 0.05) is 5.56 Å². The molecule has 1 aliphatic carbocycles. The molecule has 1 amide bonds. The second kappa shape index (κ2) is 6.55. The number of rotatable bonds is 3. The van der Waals surface area contributed by atoms with Crippen LogP contribution in [0.1, 0.15) is 39.9 Å². The van der Waals surface area contributed by atoms with Gasteiger partial charge >= 0.3 is 6.18 Å². The van der Waals surface area contributed by atoms with Crippen molar-refractivity contribution in [1.29, 1.82) is 0 Å². The Morgan fingerprint density at radius 3 is 2.46 bits per heavy atom. The average Bonchev–Trinajstić information content (AvgIpc) is 2.59. The lowest BCUT2D eigenvalue weighted by atomic mass is 9.90. The van der Waals surface area contributed by atoms with Gasteiger partial charge in [-0.05, 0) is 67.1 Å². The molecule has 0 radical (unpaired) electrons. The van der Waals surface area contributed by atoms with Crippen LogP contribution in [0.2, 0.25) is 0 Å². The molecular formula is C18H17F3N2O. The third kappa shape index (κ3) is 3.69. The fourth-order valence-corrected chi connectivity index (χ4v) is 2.85. The first-order valence-corrected chi connectivity index (χ1v) is 7.79. The molecule has 1 aliphatic rings. The van der Waals surface area contributed by atoms with E-state index in [1.165, 1.54) is 23.3 Å². The monoisotopic (exact) mass is 334 g/mol. The number of nitrogens with one attached hydrogen (secondary N) is 2. The Balaban J connectivity index is 1.68. The normalized spacial score (nSPS) is 14.0. The summed E-state index contributed by atoms with van der Waals surface area (Å²) in [5, 5.41) is 0. The van der Waals surface area contributed by atoms with Crippen molar-refractivity contribution in [2.75, 3.05) is 5.43 Å². The van der Waals surface area contributed by atoms with Crippen LogP contribution in [0.3, 0.4) is 0 Å². The smallest absolute Gasteiger partial charge is 0.298 e. The average molecular weight is 334 g/mol. The van der Waals surface area contributed by atoms with E-state index in [0.29, 0.717) is 5.56 Å². The molecular weight excluding hydrogens is 317 g/mol. The van der Waals surface area contributed by atoms with Crippen molar-refractivity contribution in [3.63, 3.8) is 0 Å². The Bertz CT molecular complexity index is 756. The van der Waals surface area contributed by atoms with Gasteiger partial charge in [-0.3, -0.25) is 15.6 Å². The highest BCUT2D eigenvalue weighted by Crippen LogP contribution is 2.30. The van der Waals surface area contributed by atoms with Gasteiger partial charge in [0.15, 0.2) is 0 Å². The van der Waals surface area contributed by atoms with Gasteiger partial charge in [0.25, 0.3) is 5.91 Å². The molecule has 0 bridgehead atoms. The first kappa shape index (κ1) is 16.4. The second-order valence-electron chi connectivity index (χ2n) is 5.85. The molecule has 0 atom stereocenters. The van der Waals surface area contributed by atoms with Crippen LogP contribution in [0, 0.1) is 0 Å². The number of hydrogen-bond donors (Lipinski definition) is 2. The number of hydrazine groups is 1. The van der Waals surface area contributed by atoms with Crippen molar-refractivity contribution in [2.45, 2.75) is 31.9 Å². The van der Waals surface area contributed by atoms with Crippen molar-refractivity contribution in [1.82, 2.24) is 5.43 Å². The molecule has 0 aliphatic heterocycles. The van der Waals surface area contributed by atoms with E-state index in [-0.39, 0.29) is 11.6 Å². The maximum atomic E-state index is 12.7. The van der Waals surface area contributed by atoms with Crippen LogP contribution in [0.25, 0.3) is 0 Å². The number of alkyl halides is 3. The topological polar surface area (TPSA) is 41.1 Å². The number of carbonyl (C=O) groups excluding carboxylic acids is 1. The summed E-state index contributed by atoms with van der Waals surface area (Å²) >= 11 is 0. The summed E-state index contributed by atoms with van der Waals surface area (Å²) in [5.41, 5.74) is 7.33. The number of amides is 1. The van der Waals surface area contributed by atoms with Crippen LogP contribution < -0.4 is 10.9 Å². The third-order valence-electron chi connectivity index (χ3n) is 4.12. The van der Waals surface area contributed by atoms with E-state index in [2.05, 4.69) is 10.9 Å². The van der Waals surface area contributed by atoms with E-state index >= 15 is 0 Å². The third-order valence-corrected chi connectivity index (χ3v) is 4.12. The summed E-state index contributed by atoms with van der Waals surface area (Å²) in [6.45, 7) is 0. The highest BCUT2D eigenvalue weighted by atomic mass is 19.4. The van der Waals surface area contributed by atoms with Gasteiger partial charge in [-0.2, -0.15) is 13.2 Å². The zero-order valence-corrected chi connectivity index (χ0v) is 12.9. The number of benzene rings is 2. The summed E-state index contributed by atoms with van der Waals surface area (Å²) in [7, 11) is 0. The van der Waals surface area contributed by atoms with Crippen molar-refractivity contribution >= 4 is 11.6 Å². The number of carbonyl (C=O) groups is 1. The first-order chi connectivity index (χ1) is 11.4. The molecule has 0 spiro atoms. The Morgan fingerprint density at radius 2 is 1.71 bits per heavy atom. The van der Waals surface area contributed by atoms with Crippen molar-refractivity contribution in [2.24, 2.45) is 0 Å². The van der Waals surface area contributed by atoms with Crippen molar-refractivity contribution in [3.05, 3.63) is 64.7 Å². The molecule has 3 nitrogen and oxygen atoms in total. The Morgan fingerprint density at radius 1 is 0.958 bits per heavy atom. The number of halogens is 3. The minimum atomic E-state index is -4.42. The lowest BCUT2D eigenvalue weighted by Gasteiger charge is -2.17. The van der Waals surface area contributed by atoms with E-state index in [0.717, 1.165) is 37.8 Å². The molecule has 0 saturated heterocycles. The molecule has 0 saturated carbocycles. The molecule has 2 N–H and O–H groups in total. The van der Waals surface area contributed by atoms with E-state index in [1.54, 1.807) is 6.07 Å². The lowest BCUT2D eigenvalue weighted by molar-refractivity contribution is -0.137. The number of aryl methyl sites for hydroxylation is 2. The maximum Gasteiger partial charge on any atom is 0.416 e. The van der Waals surface area contributed by atoms with Gasteiger partial charge in [0.05, 0.1) is 11.3 Å². The molecule has 3 rings (SSSR count). The molecule has 2 aromatic carbocycles. The van der Waals surface area contributed by atoms with Crippen molar-refractivity contribution < 1.29 is 18.0 Å². The van der Waals surface area contributed by atoms with Crippen molar-refractivity contribution in [3.8, 4) is 0 Å². The molecule has 24 heavy (non-hydrogen) atoms. The highest BCUT2D eigenvalue weighted by molar-refractivity contribution is 5.95. The van der Waals surface area contributed by atoms with Gasteiger partial charge in [0.2, 0.25) is 0 Å². The van der Waals surface area contributed by atoms with Crippen LogP contribution in [0.15, 0.2) is 42.5 Å². The zero-order valence-electron chi connectivity index (χ0n) is 12.9. The SMILES string of the molecule is O=C(NNc1cccc(C(F)(F)F)c1)c1ccc2c(c1)CCCC2. The van der Waals surface area contributed by atoms with Crippen LogP contribution in [0.5, 0.6) is 0 Å². The summed E-state index contributed by atoms with van der Waals surface area (Å²) in [6.07, 6.45) is -0.159. The quantitative estimate of drug-likeness (QED) is 0.820. The lowest BCUT2D eigenvalue weighted by Crippen LogP contribution is -2.29. The molecule has 0 heterocycles. The largest absolute Gasteiger partial charge is 0.416 e. The molecule has 0 aromatic heterocycles. The second-order valence-corrected chi connectivity index (χ2v) is 5.85. The molecule has 0 unspecified atom stereocenters. The van der Waals surface area contributed by atoms with Gasteiger partial charge in [0.1, 0.15) is 0 Å². The van der Waals surface area contributed by atoms with Crippen LogP contribution in [0.4, 0.5) is 18.9 Å². The summed E-state index contributed by atoms with van der Waals surface area (Å²) in [6, 6.07) is 10.2. The van der Waals surface area contributed by atoms with Gasteiger partial charge in [-0.25, -0.2) is 0 Å². The summed E-state index contributed by atoms with van der Waals surface area (Å²) in [5.74, 6) is -0.374. The number of anilines is 1. The minimum Gasteiger partial charge on any atom is -0.298 e. The highest BCUT2D eigenvalue weighted by Gasteiger charge is 2.30. The van der Waals surface area contributed by atoms with E-state index < -0.39 is 11.7 Å². The van der Waals surface area contributed by atoms with Crippen LogP contribution >= 0.6 is 0 Å². The predicted octanol–water partition coefficient (Wildman–Crippen LogP) is 4.34. The Kier molecular flexibility index (Phi) is 4.46. The molecule has 2 aromatic rings. The number of hydrogen-bond acceptors (Lipinski definition) is 2. The molecule has 6 heteroatoms. The zero-order chi connectivity index (χ0) is 17.2. The van der Waals surface area contributed by atoms with Crippen LogP contribution in [-0.2, 0) is 19.0 Å². The van der Waals surface area contributed by atoms with Gasteiger partial charge in [-0.15, -0.1) is 0 Å².